The monoisotopic (exact) mass is 300 g/mol. The van der Waals surface area contributed by atoms with Gasteiger partial charge in [0.15, 0.2) is 0 Å². The van der Waals surface area contributed by atoms with E-state index in [1.807, 2.05) is 0 Å². The van der Waals surface area contributed by atoms with E-state index in [1.165, 1.54) is 36.5 Å². The zero-order valence-electron chi connectivity index (χ0n) is 14.0. The summed E-state index contributed by atoms with van der Waals surface area (Å²) in [6.45, 7) is 9.57. The van der Waals surface area contributed by atoms with Crippen molar-refractivity contribution < 1.29 is 0 Å². The quantitative estimate of drug-likeness (QED) is 0.524. The molecular weight excluding hydrogens is 271 g/mol. The van der Waals surface area contributed by atoms with Crippen LogP contribution < -0.4 is 5.30 Å². The Bertz CT molecular complexity index is 549. The summed E-state index contributed by atoms with van der Waals surface area (Å²) >= 11 is 0. The summed E-state index contributed by atoms with van der Waals surface area (Å²) in [5.74, 6) is 0. The third-order valence-corrected chi connectivity index (χ3v) is 7.68. The molecule has 2 unspecified atom stereocenters. The molecule has 0 aromatic heterocycles. The van der Waals surface area contributed by atoms with Crippen molar-refractivity contribution in [3.63, 3.8) is 0 Å². The minimum absolute atomic E-state index is 0.0632. The van der Waals surface area contributed by atoms with Crippen LogP contribution in [-0.2, 0) is 0 Å². The van der Waals surface area contributed by atoms with E-state index in [0.717, 1.165) is 11.3 Å². The molecule has 0 heterocycles. The largest absolute Gasteiger partial charge is 0.0695 e. The average Bonchev–Trinajstić information content (AvgIpc) is 2.48. The first-order valence-corrected chi connectivity index (χ1v) is 9.92. The average molecular weight is 300 g/mol. The van der Waals surface area contributed by atoms with Crippen molar-refractivity contribution in [1.82, 2.24) is 0 Å². The summed E-state index contributed by atoms with van der Waals surface area (Å²) in [4.78, 5) is 0. The first-order valence-electron chi connectivity index (χ1n) is 8.44. The summed E-state index contributed by atoms with van der Waals surface area (Å²) in [5, 5.41) is 4.36. The van der Waals surface area contributed by atoms with Crippen molar-refractivity contribution in [1.29, 1.82) is 0 Å². The van der Waals surface area contributed by atoms with Gasteiger partial charge < -0.3 is 0 Å². The molecule has 0 saturated carbocycles. The lowest BCUT2D eigenvalue weighted by molar-refractivity contribution is 0.741. The molecule has 2 aromatic carbocycles. The van der Waals surface area contributed by atoms with Crippen molar-refractivity contribution in [3.8, 4) is 0 Å². The highest BCUT2D eigenvalue weighted by atomic mass is 31.1. The summed E-state index contributed by atoms with van der Waals surface area (Å²) < 4.78 is 0. The molecule has 0 nitrogen and oxygen atoms in total. The van der Waals surface area contributed by atoms with Gasteiger partial charge >= 0.3 is 0 Å². The zero-order valence-corrected chi connectivity index (χ0v) is 14.9. The molecular formula is C20H29P. The molecule has 0 aliphatic rings. The van der Waals surface area contributed by atoms with Gasteiger partial charge in [-0.1, -0.05) is 84.9 Å². The fourth-order valence-corrected chi connectivity index (χ4v) is 6.89. The molecule has 0 amide bonds. The SMILES string of the molecule is CCCC(C)P(c1ccc2ccccc2c1)C(C)CCC. The first kappa shape index (κ1) is 16.5. The van der Waals surface area contributed by atoms with E-state index in [1.54, 1.807) is 5.30 Å². The summed E-state index contributed by atoms with van der Waals surface area (Å²) in [6, 6.07) is 15.9. The van der Waals surface area contributed by atoms with Crippen LogP contribution in [0.2, 0.25) is 0 Å². The van der Waals surface area contributed by atoms with Crippen LogP contribution in [0, 0.1) is 0 Å². The molecule has 0 aliphatic carbocycles. The van der Waals surface area contributed by atoms with Crippen molar-refractivity contribution in [2.75, 3.05) is 0 Å². The number of hydrogen-bond donors (Lipinski definition) is 0. The maximum atomic E-state index is 2.47. The third-order valence-electron chi connectivity index (χ3n) is 4.39. The lowest BCUT2D eigenvalue weighted by atomic mass is 10.1. The molecule has 0 fully saturated rings. The van der Waals surface area contributed by atoms with Crippen molar-refractivity contribution in [2.24, 2.45) is 0 Å². The van der Waals surface area contributed by atoms with Gasteiger partial charge in [0.25, 0.3) is 0 Å². The van der Waals surface area contributed by atoms with E-state index in [-0.39, 0.29) is 7.92 Å². The molecule has 0 radical (unpaired) electrons. The Morgan fingerprint density at radius 2 is 1.38 bits per heavy atom. The van der Waals surface area contributed by atoms with Crippen molar-refractivity contribution >= 4 is 24.0 Å². The predicted molar refractivity (Wildman–Crippen MR) is 99.2 cm³/mol. The second-order valence-corrected chi connectivity index (χ2v) is 9.31. The molecule has 2 rings (SSSR count). The van der Waals surface area contributed by atoms with E-state index in [0.29, 0.717) is 0 Å². The van der Waals surface area contributed by atoms with E-state index in [2.05, 4.69) is 70.2 Å². The summed E-state index contributed by atoms with van der Waals surface area (Å²) in [7, 11) is -0.0632. The fourth-order valence-electron chi connectivity index (χ4n) is 3.39. The molecule has 0 bridgehead atoms. The van der Waals surface area contributed by atoms with Gasteiger partial charge in [-0.05, 0) is 46.3 Å². The van der Waals surface area contributed by atoms with Crippen LogP contribution in [0.15, 0.2) is 42.5 Å². The third kappa shape index (κ3) is 4.07. The Hall–Kier alpha value is -0.870. The van der Waals surface area contributed by atoms with Crippen LogP contribution in [0.25, 0.3) is 10.8 Å². The van der Waals surface area contributed by atoms with Gasteiger partial charge in [0.05, 0.1) is 0 Å². The smallest absolute Gasteiger partial charge is 0.0178 e. The topological polar surface area (TPSA) is 0 Å². The van der Waals surface area contributed by atoms with Gasteiger partial charge in [0.1, 0.15) is 0 Å². The minimum atomic E-state index is -0.0632. The van der Waals surface area contributed by atoms with Gasteiger partial charge in [0, 0.05) is 0 Å². The van der Waals surface area contributed by atoms with E-state index in [9.17, 15) is 0 Å². The Labute approximate surface area is 131 Å². The Morgan fingerprint density at radius 3 is 1.95 bits per heavy atom. The molecule has 0 spiro atoms. The molecule has 2 aromatic rings. The van der Waals surface area contributed by atoms with Crippen LogP contribution in [-0.4, -0.2) is 11.3 Å². The van der Waals surface area contributed by atoms with E-state index in [4.69, 9.17) is 0 Å². The summed E-state index contributed by atoms with van der Waals surface area (Å²) in [5.41, 5.74) is 1.65. The molecule has 2 atom stereocenters. The second-order valence-electron chi connectivity index (χ2n) is 6.21. The number of hydrogen-bond acceptors (Lipinski definition) is 0. The Balaban J connectivity index is 2.36. The summed E-state index contributed by atoms with van der Waals surface area (Å²) in [6.07, 6.45) is 5.30. The van der Waals surface area contributed by atoms with E-state index >= 15 is 0 Å². The van der Waals surface area contributed by atoms with Crippen molar-refractivity contribution in [2.45, 2.75) is 64.7 Å². The van der Waals surface area contributed by atoms with Crippen LogP contribution >= 0.6 is 7.92 Å². The van der Waals surface area contributed by atoms with Crippen LogP contribution in [0.1, 0.15) is 53.4 Å². The van der Waals surface area contributed by atoms with E-state index < -0.39 is 0 Å². The highest BCUT2D eigenvalue weighted by Crippen LogP contribution is 2.48. The molecule has 0 saturated heterocycles. The van der Waals surface area contributed by atoms with Crippen LogP contribution in [0.4, 0.5) is 0 Å². The predicted octanol–water partition coefficient (Wildman–Crippen LogP) is 6.32. The first-order chi connectivity index (χ1) is 10.2. The molecule has 0 N–H and O–H groups in total. The maximum Gasteiger partial charge on any atom is -0.0178 e. The Morgan fingerprint density at radius 1 is 0.810 bits per heavy atom. The molecule has 1 heteroatoms. The van der Waals surface area contributed by atoms with Gasteiger partial charge in [-0.25, -0.2) is 0 Å². The lowest BCUT2D eigenvalue weighted by Gasteiger charge is -2.31. The van der Waals surface area contributed by atoms with Crippen LogP contribution in [0.5, 0.6) is 0 Å². The van der Waals surface area contributed by atoms with Gasteiger partial charge in [-0.15, -0.1) is 0 Å². The number of fused-ring (bicyclic) bond motifs is 1. The zero-order chi connectivity index (χ0) is 15.2. The molecule has 21 heavy (non-hydrogen) atoms. The van der Waals surface area contributed by atoms with Crippen LogP contribution in [0.3, 0.4) is 0 Å². The highest BCUT2D eigenvalue weighted by Gasteiger charge is 2.23. The van der Waals surface area contributed by atoms with Gasteiger partial charge in [0.2, 0.25) is 0 Å². The fraction of sp³-hybridized carbons (Fsp3) is 0.500. The Kier molecular flexibility index (Phi) is 6.24. The second kappa shape index (κ2) is 7.95. The van der Waals surface area contributed by atoms with Gasteiger partial charge in [-0.3, -0.25) is 0 Å². The number of benzene rings is 2. The number of rotatable bonds is 7. The molecule has 114 valence electrons. The van der Waals surface area contributed by atoms with Crippen molar-refractivity contribution in [3.05, 3.63) is 42.5 Å². The minimum Gasteiger partial charge on any atom is -0.0695 e. The molecule has 0 aliphatic heterocycles. The highest BCUT2D eigenvalue weighted by molar-refractivity contribution is 7.67. The normalized spacial score (nSPS) is 15.8. The lowest BCUT2D eigenvalue weighted by Crippen LogP contribution is -2.19. The van der Waals surface area contributed by atoms with Gasteiger partial charge in [-0.2, -0.15) is 0 Å². The standard InChI is InChI=1S/C20H29P/c1-5-9-16(3)21(17(4)10-6-2)20-14-13-18-11-7-8-12-19(18)15-20/h7-8,11-17H,5-6,9-10H2,1-4H3. The maximum absolute atomic E-state index is 2.47.